The molecule has 5 nitrogen and oxygen atoms in total. The fourth-order valence-electron chi connectivity index (χ4n) is 3.30. The van der Waals surface area contributed by atoms with Gasteiger partial charge in [0.15, 0.2) is 0 Å². The van der Waals surface area contributed by atoms with E-state index in [0.717, 1.165) is 44.0 Å². The summed E-state index contributed by atoms with van der Waals surface area (Å²) in [6.45, 7) is 4.31. The number of hydrogen-bond donors (Lipinski definition) is 0. The molecule has 0 aliphatic carbocycles. The van der Waals surface area contributed by atoms with Crippen LogP contribution in [0.5, 0.6) is 0 Å². The predicted octanol–water partition coefficient (Wildman–Crippen LogP) is 3.22. The van der Waals surface area contributed by atoms with E-state index >= 15 is 0 Å². The fraction of sp³-hybridized carbons (Fsp3) is 0.238. The van der Waals surface area contributed by atoms with Crippen LogP contribution in [0.4, 0.5) is 0 Å². The summed E-state index contributed by atoms with van der Waals surface area (Å²) in [5, 5.41) is 0. The maximum absolute atomic E-state index is 12.8. The van der Waals surface area contributed by atoms with Gasteiger partial charge in [-0.3, -0.25) is 4.90 Å². The quantitative estimate of drug-likeness (QED) is 0.680. The molecule has 0 atom stereocenters. The summed E-state index contributed by atoms with van der Waals surface area (Å²) in [7, 11) is -3.56. The van der Waals surface area contributed by atoms with Gasteiger partial charge in [-0.15, -0.1) is 0 Å². The van der Waals surface area contributed by atoms with Crippen molar-refractivity contribution in [2.75, 3.05) is 26.3 Å². The zero-order chi connectivity index (χ0) is 18.7. The van der Waals surface area contributed by atoms with Crippen molar-refractivity contribution in [3.63, 3.8) is 0 Å². The number of morpholine rings is 1. The normalized spacial score (nSPS) is 15.7. The van der Waals surface area contributed by atoms with E-state index in [4.69, 9.17) is 4.74 Å². The first-order valence-corrected chi connectivity index (χ1v) is 10.4. The number of aromatic nitrogens is 1. The maximum atomic E-state index is 12.8. The van der Waals surface area contributed by atoms with Gasteiger partial charge in [-0.25, -0.2) is 12.4 Å². The summed E-state index contributed by atoms with van der Waals surface area (Å²) in [6.07, 6.45) is 3.09. The van der Waals surface area contributed by atoms with Crippen molar-refractivity contribution >= 4 is 10.0 Å². The van der Waals surface area contributed by atoms with Crippen LogP contribution in [0.2, 0.25) is 0 Å². The van der Waals surface area contributed by atoms with Gasteiger partial charge in [-0.2, -0.15) is 0 Å². The second-order valence-electron chi connectivity index (χ2n) is 6.63. The first kappa shape index (κ1) is 18.0. The monoisotopic (exact) mass is 382 g/mol. The van der Waals surface area contributed by atoms with Crippen molar-refractivity contribution in [2.45, 2.75) is 11.4 Å². The predicted molar refractivity (Wildman–Crippen MR) is 105 cm³/mol. The third-order valence-corrected chi connectivity index (χ3v) is 6.40. The van der Waals surface area contributed by atoms with Gasteiger partial charge in [0.1, 0.15) is 0 Å². The van der Waals surface area contributed by atoms with E-state index in [-0.39, 0.29) is 4.90 Å². The van der Waals surface area contributed by atoms with E-state index in [0.29, 0.717) is 0 Å². The molecule has 4 rings (SSSR count). The topological polar surface area (TPSA) is 51.5 Å². The zero-order valence-corrected chi connectivity index (χ0v) is 15.8. The summed E-state index contributed by atoms with van der Waals surface area (Å²) >= 11 is 0. The molecule has 1 fully saturated rings. The van der Waals surface area contributed by atoms with E-state index in [9.17, 15) is 8.42 Å². The van der Waals surface area contributed by atoms with Crippen molar-refractivity contribution < 1.29 is 13.2 Å². The summed E-state index contributed by atoms with van der Waals surface area (Å²) < 4.78 is 32.1. The fourth-order valence-corrected chi connectivity index (χ4v) is 4.53. The lowest BCUT2D eigenvalue weighted by Crippen LogP contribution is -2.35. The van der Waals surface area contributed by atoms with Crippen LogP contribution in [0, 0.1) is 0 Å². The maximum Gasteiger partial charge on any atom is 0.267 e. The third-order valence-electron chi connectivity index (χ3n) is 4.76. The Morgan fingerprint density at radius 1 is 0.852 bits per heavy atom. The van der Waals surface area contributed by atoms with Crippen molar-refractivity contribution in [3.8, 4) is 11.1 Å². The van der Waals surface area contributed by atoms with Crippen LogP contribution in [0.25, 0.3) is 11.1 Å². The molecule has 3 aromatic rings. The average Bonchev–Trinajstić information content (AvgIpc) is 3.25. The minimum absolute atomic E-state index is 0.287. The van der Waals surface area contributed by atoms with Crippen LogP contribution in [-0.4, -0.2) is 43.6 Å². The zero-order valence-electron chi connectivity index (χ0n) is 15.0. The average molecular weight is 382 g/mol. The minimum Gasteiger partial charge on any atom is -0.379 e. The van der Waals surface area contributed by atoms with Crippen LogP contribution in [0.1, 0.15) is 5.56 Å². The van der Waals surface area contributed by atoms with Crippen LogP contribution in [-0.2, 0) is 21.3 Å². The molecule has 0 amide bonds. The second kappa shape index (κ2) is 7.68. The highest BCUT2D eigenvalue weighted by molar-refractivity contribution is 7.90. The van der Waals surface area contributed by atoms with E-state index in [2.05, 4.69) is 17.0 Å². The molecule has 1 saturated heterocycles. The van der Waals surface area contributed by atoms with Gasteiger partial charge in [-0.05, 0) is 47.0 Å². The molecule has 0 spiro atoms. The van der Waals surface area contributed by atoms with Gasteiger partial charge >= 0.3 is 0 Å². The number of rotatable bonds is 5. The largest absolute Gasteiger partial charge is 0.379 e. The minimum atomic E-state index is -3.56. The lowest BCUT2D eigenvalue weighted by atomic mass is 10.0. The molecule has 140 valence electrons. The van der Waals surface area contributed by atoms with Gasteiger partial charge in [-0.1, -0.05) is 30.3 Å². The first-order valence-electron chi connectivity index (χ1n) is 9.01. The van der Waals surface area contributed by atoms with Gasteiger partial charge < -0.3 is 4.74 Å². The van der Waals surface area contributed by atoms with Crippen LogP contribution in [0.3, 0.4) is 0 Å². The van der Waals surface area contributed by atoms with Crippen molar-refractivity contribution in [2.24, 2.45) is 0 Å². The van der Waals surface area contributed by atoms with E-state index in [1.807, 2.05) is 18.2 Å². The number of nitrogens with zero attached hydrogens (tertiary/aromatic N) is 2. The highest BCUT2D eigenvalue weighted by Gasteiger charge is 2.16. The molecule has 0 saturated carbocycles. The molecule has 0 N–H and O–H groups in total. The Hall–Kier alpha value is -2.41. The van der Waals surface area contributed by atoms with Gasteiger partial charge in [0, 0.05) is 32.0 Å². The van der Waals surface area contributed by atoms with Gasteiger partial charge in [0.25, 0.3) is 10.0 Å². The smallest absolute Gasteiger partial charge is 0.267 e. The van der Waals surface area contributed by atoms with Crippen molar-refractivity contribution in [1.29, 1.82) is 0 Å². The SMILES string of the molecule is O=S(=O)(c1cccc(-c2cccc(CN3CCOCC3)c2)c1)n1cccc1. The van der Waals surface area contributed by atoms with Crippen molar-refractivity contribution in [1.82, 2.24) is 8.87 Å². The number of benzene rings is 2. The Kier molecular flexibility index (Phi) is 5.11. The summed E-state index contributed by atoms with van der Waals surface area (Å²) in [5.74, 6) is 0. The highest BCUT2D eigenvalue weighted by atomic mass is 32.2. The molecular formula is C21H22N2O3S. The van der Waals surface area contributed by atoms with E-state index < -0.39 is 10.0 Å². The molecule has 6 heteroatoms. The summed E-state index contributed by atoms with van der Waals surface area (Å²) in [5.41, 5.74) is 3.13. The van der Waals surface area contributed by atoms with Gasteiger partial charge in [0.05, 0.1) is 18.1 Å². The molecule has 1 aliphatic heterocycles. The van der Waals surface area contributed by atoms with Gasteiger partial charge in [0.2, 0.25) is 0 Å². The van der Waals surface area contributed by atoms with Crippen LogP contribution < -0.4 is 0 Å². The molecule has 2 aromatic carbocycles. The van der Waals surface area contributed by atoms with E-state index in [1.165, 1.54) is 9.54 Å². The van der Waals surface area contributed by atoms with Crippen LogP contribution in [0.15, 0.2) is 78.0 Å². The molecular weight excluding hydrogens is 360 g/mol. The lowest BCUT2D eigenvalue weighted by Gasteiger charge is -2.26. The Morgan fingerprint density at radius 2 is 1.52 bits per heavy atom. The first-order chi connectivity index (χ1) is 13.1. The standard InChI is InChI=1S/C21H22N2O3S/c24-27(25,23-9-1-2-10-23)21-8-4-7-20(16-21)19-6-3-5-18(15-19)17-22-11-13-26-14-12-22/h1-10,15-16H,11-14,17H2. The Bertz CT molecular complexity index is 1010. The Labute approximate surface area is 159 Å². The number of ether oxygens (including phenoxy) is 1. The Morgan fingerprint density at radius 3 is 2.26 bits per heavy atom. The lowest BCUT2D eigenvalue weighted by molar-refractivity contribution is 0.0342. The van der Waals surface area contributed by atoms with E-state index in [1.54, 1.807) is 42.7 Å². The molecule has 0 bridgehead atoms. The van der Waals surface area contributed by atoms with Crippen molar-refractivity contribution in [3.05, 3.63) is 78.6 Å². The highest BCUT2D eigenvalue weighted by Crippen LogP contribution is 2.25. The summed E-state index contributed by atoms with van der Waals surface area (Å²) in [4.78, 5) is 2.66. The van der Waals surface area contributed by atoms with Crippen LogP contribution >= 0.6 is 0 Å². The molecule has 1 aromatic heterocycles. The summed E-state index contributed by atoms with van der Waals surface area (Å²) in [6, 6.07) is 18.8. The molecule has 1 aliphatic rings. The molecule has 0 radical (unpaired) electrons. The second-order valence-corrected chi connectivity index (χ2v) is 8.48. The molecule has 27 heavy (non-hydrogen) atoms. The number of hydrogen-bond acceptors (Lipinski definition) is 4. The Balaban J connectivity index is 1.61. The third kappa shape index (κ3) is 3.98. The molecule has 2 heterocycles. The molecule has 0 unspecified atom stereocenters.